The number of carbonyl (C=O) groups excluding carboxylic acids is 1. The topological polar surface area (TPSA) is 141 Å². The van der Waals surface area contributed by atoms with Crippen molar-refractivity contribution in [1.82, 2.24) is 24.8 Å². The van der Waals surface area contributed by atoms with Crippen LogP contribution in [0.2, 0.25) is 0 Å². The molecule has 0 bridgehead atoms. The van der Waals surface area contributed by atoms with Gasteiger partial charge in [-0.1, -0.05) is 12.8 Å². The smallest absolute Gasteiger partial charge is 0.257 e. The molecule has 0 radical (unpaired) electrons. The summed E-state index contributed by atoms with van der Waals surface area (Å²) in [6, 6.07) is 6.61. The summed E-state index contributed by atoms with van der Waals surface area (Å²) in [5.74, 6) is 1.83. The molecule has 0 atom stereocenters. The summed E-state index contributed by atoms with van der Waals surface area (Å²) in [6.45, 7) is 5.29. The first-order chi connectivity index (χ1) is 19.7. The molecule has 0 spiro atoms. The van der Waals surface area contributed by atoms with Crippen LogP contribution in [0.4, 0.5) is 17.5 Å². The highest BCUT2D eigenvalue weighted by molar-refractivity contribution is 5.99. The first-order valence-corrected chi connectivity index (χ1v) is 14.0. The van der Waals surface area contributed by atoms with E-state index in [0.717, 1.165) is 39.1 Å². The van der Waals surface area contributed by atoms with E-state index in [1.807, 2.05) is 11.0 Å². The Kier molecular flexibility index (Phi) is 6.53. The lowest BCUT2D eigenvalue weighted by Crippen LogP contribution is -2.57. The van der Waals surface area contributed by atoms with Crippen LogP contribution in [0.25, 0.3) is 11.0 Å². The maximum Gasteiger partial charge on any atom is 0.257 e. The van der Waals surface area contributed by atoms with Crippen LogP contribution in [-0.2, 0) is 4.74 Å². The highest BCUT2D eigenvalue weighted by atomic mass is 16.6. The summed E-state index contributed by atoms with van der Waals surface area (Å²) < 4.78 is 17.3. The second-order valence-electron chi connectivity index (χ2n) is 10.7. The second-order valence-corrected chi connectivity index (χ2v) is 10.7. The summed E-state index contributed by atoms with van der Waals surface area (Å²) in [6.07, 6.45) is 6.14. The van der Waals surface area contributed by atoms with Gasteiger partial charge >= 0.3 is 0 Å². The summed E-state index contributed by atoms with van der Waals surface area (Å²) in [5.41, 5.74) is 2.17. The molecule has 3 aromatic rings. The summed E-state index contributed by atoms with van der Waals surface area (Å²) in [4.78, 5) is 30.3. The number of fused-ring (bicyclic) bond motifs is 2. The number of benzene rings is 1. The molecule has 3 N–H and O–H groups in total. The minimum Gasteiger partial charge on any atom is -0.485 e. The van der Waals surface area contributed by atoms with Crippen molar-refractivity contribution in [2.75, 3.05) is 63.2 Å². The fraction of sp³-hybridized carbons (Fsp3) is 0.500. The van der Waals surface area contributed by atoms with Gasteiger partial charge in [-0.25, -0.2) is 0 Å². The van der Waals surface area contributed by atoms with Crippen LogP contribution in [-0.4, -0.2) is 95.3 Å². The fourth-order valence-corrected chi connectivity index (χ4v) is 5.96. The number of nitrogens with one attached hydrogen (secondary N) is 3. The molecule has 12 heteroatoms. The number of ether oxygens (including phenoxy) is 3. The predicted molar refractivity (Wildman–Crippen MR) is 147 cm³/mol. The fourth-order valence-electron chi connectivity index (χ4n) is 5.96. The van der Waals surface area contributed by atoms with E-state index >= 15 is 0 Å². The van der Waals surface area contributed by atoms with E-state index in [4.69, 9.17) is 19.2 Å². The van der Waals surface area contributed by atoms with Crippen molar-refractivity contribution in [3.05, 3.63) is 29.5 Å². The molecule has 0 unspecified atom stereocenters. The lowest BCUT2D eigenvalue weighted by atomic mass is 10.1. The van der Waals surface area contributed by atoms with Gasteiger partial charge in [0.1, 0.15) is 30.7 Å². The van der Waals surface area contributed by atoms with Gasteiger partial charge < -0.3 is 34.7 Å². The van der Waals surface area contributed by atoms with E-state index < -0.39 is 0 Å². The summed E-state index contributed by atoms with van der Waals surface area (Å²) in [7, 11) is 0. The monoisotopic (exact) mass is 544 g/mol. The SMILES string of the molecule is N#Cc1c[nH]c2nc(Nc3ccc(C(=O)N4CCN(C5COC5)CC4)c4c3OCCO4)nc(NC3CCCC3)c12. The Morgan fingerprint density at radius 3 is 2.55 bits per heavy atom. The molecule has 1 aromatic carbocycles. The number of rotatable bonds is 6. The van der Waals surface area contributed by atoms with Crippen LogP contribution in [0.1, 0.15) is 41.6 Å². The third-order valence-electron chi connectivity index (χ3n) is 8.25. The summed E-state index contributed by atoms with van der Waals surface area (Å²) in [5, 5.41) is 17.1. The zero-order valence-corrected chi connectivity index (χ0v) is 22.2. The van der Waals surface area contributed by atoms with Gasteiger partial charge in [-0.05, 0) is 25.0 Å². The zero-order valence-electron chi connectivity index (χ0n) is 22.2. The Bertz CT molecular complexity index is 1470. The van der Waals surface area contributed by atoms with E-state index in [9.17, 15) is 10.1 Å². The largest absolute Gasteiger partial charge is 0.485 e. The lowest BCUT2D eigenvalue weighted by molar-refractivity contribution is -0.0746. The number of aromatic amines is 1. The Labute approximate surface area is 231 Å². The first kappa shape index (κ1) is 24.9. The van der Waals surface area contributed by atoms with Gasteiger partial charge in [-0.2, -0.15) is 15.2 Å². The molecule has 2 saturated heterocycles. The van der Waals surface area contributed by atoms with Crippen molar-refractivity contribution >= 4 is 34.4 Å². The van der Waals surface area contributed by atoms with E-state index in [1.54, 1.807) is 12.3 Å². The number of amides is 1. The molecule has 2 aromatic heterocycles. The molecule has 3 fully saturated rings. The quantitative estimate of drug-likeness (QED) is 0.424. The molecule has 1 amide bonds. The van der Waals surface area contributed by atoms with Crippen molar-refractivity contribution in [2.45, 2.75) is 37.8 Å². The predicted octanol–water partition coefficient (Wildman–Crippen LogP) is 2.86. The second kappa shape index (κ2) is 10.5. The molecule has 208 valence electrons. The van der Waals surface area contributed by atoms with Crippen LogP contribution in [0, 0.1) is 11.3 Å². The number of hydrogen-bond acceptors (Lipinski definition) is 10. The average molecular weight is 545 g/mol. The van der Waals surface area contributed by atoms with Gasteiger partial charge in [0.05, 0.1) is 41.5 Å². The van der Waals surface area contributed by atoms with E-state index in [0.29, 0.717) is 89.5 Å². The molecule has 40 heavy (non-hydrogen) atoms. The normalized spacial score (nSPS) is 19.8. The van der Waals surface area contributed by atoms with Gasteiger partial charge in [-0.15, -0.1) is 0 Å². The highest BCUT2D eigenvalue weighted by Gasteiger charge is 2.33. The minimum absolute atomic E-state index is 0.0612. The number of hydrogen-bond donors (Lipinski definition) is 3. The first-order valence-electron chi connectivity index (χ1n) is 14.0. The Morgan fingerprint density at radius 1 is 1.05 bits per heavy atom. The standard InChI is InChI=1S/C28H32N8O4/c29-13-17-14-30-25-22(17)26(31-18-3-1-2-4-18)34-28(33-25)32-21-6-5-20(23-24(21)40-12-11-39-23)27(37)36-9-7-35(8-10-36)19-15-38-16-19/h5-6,14,18-19H,1-4,7-12,15-16H2,(H3,30,31,32,33,34). The van der Waals surface area contributed by atoms with Crippen LogP contribution in [0.5, 0.6) is 11.5 Å². The van der Waals surface area contributed by atoms with Gasteiger partial charge in [0, 0.05) is 38.4 Å². The number of aromatic nitrogens is 3. The maximum atomic E-state index is 13.6. The van der Waals surface area contributed by atoms with Crippen molar-refractivity contribution in [2.24, 2.45) is 0 Å². The lowest BCUT2D eigenvalue weighted by Gasteiger charge is -2.42. The third-order valence-corrected chi connectivity index (χ3v) is 8.25. The number of nitriles is 1. The minimum atomic E-state index is -0.0612. The molecular weight excluding hydrogens is 512 g/mol. The molecule has 3 aliphatic heterocycles. The molecule has 4 aliphatic rings. The van der Waals surface area contributed by atoms with Crippen molar-refractivity contribution in [1.29, 1.82) is 5.26 Å². The van der Waals surface area contributed by atoms with Gasteiger partial charge in [0.15, 0.2) is 11.5 Å². The third kappa shape index (κ3) is 4.55. The molecule has 1 aliphatic carbocycles. The Balaban J connectivity index is 1.16. The number of H-pyrrole nitrogens is 1. The number of carbonyl (C=O) groups is 1. The van der Waals surface area contributed by atoms with Crippen molar-refractivity contribution < 1.29 is 19.0 Å². The summed E-state index contributed by atoms with van der Waals surface area (Å²) >= 11 is 0. The van der Waals surface area contributed by atoms with Gasteiger partial charge in [0.2, 0.25) is 5.95 Å². The zero-order chi connectivity index (χ0) is 27.1. The van der Waals surface area contributed by atoms with Crippen LogP contribution in [0.15, 0.2) is 18.3 Å². The Morgan fingerprint density at radius 2 is 1.82 bits per heavy atom. The van der Waals surface area contributed by atoms with Crippen LogP contribution >= 0.6 is 0 Å². The molecule has 12 nitrogen and oxygen atoms in total. The average Bonchev–Trinajstić information content (AvgIpc) is 3.62. The molecule has 5 heterocycles. The van der Waals surface area contributed by atoms with E-state index in [2.05, 4.69) is 31.6 Å². The molecular formula is C28H32N8O4. The Hall–Kier alpha value is -4.08. The number of anilines is 3. The molecule has 1 saturated carbocycles. The van der Waals surface area contributed by atoms with Crippen molar-refractivity contribution in [3.8, 4) is 17.6 Å². The number of piperazine rings is 1. The number of nitrogens with zero attached hydrogens (tertiary/aromatic N) is 5. The van der Waals surface area contributed by atoms with E-state index in [1.165, 1.54) is 12.8 Å². The van der Waals surface area contributed by atoms with Gasteiger partial charge in [-0.3, -0.25) is 9.69 Å². The van der Waals surface area contributed by atoms with E-state index in [-0.39, 0.29) is 5.91 Å². The van der Waals surface area contributed by atoms with Crippen molar-refractivity contribution in [3.63, 3.8) is 0 Å². The van der Waals surface area contributed by atoms with Crippen LogP contribution < -0.4 is 20.1 Å². The maximum absolute atomic E-state index is 13.6. The van der Waals surface area contributed by atoms with Crippen LogP contribution in [0.3, 0.4) is 0 Å². The van der Waals surface area contributed by atoms with Gasteiger partial charge in [0.25, 0.3) is 5.91 Å². The highest BCUT2D eigenvalue weighted by Crippen LogP contribution is 2.42. The molecule has 7 rings (SSSR count).